The molecule has 1 heterocycles. The van der Waals surface area contributed by atoms with Crippen molar-refractivity contribution in [3.8, 4) is 0 Å². The van der Waals surface area contributed by atoms with Crippen molar-refractivity contribution in [2.24, 2.45) is 0 Å². The summed E-state index contributed by atoms with van der Waals surface area (Å²) in [5.74, 6) is 0.462. The van der Waals surface area contributed by atoms with Gasteiger partial charge in [-0.15, -0.1) is 0 Å². The number of benzene rings is 1. The summed E-state index contributed by atoms with van der Waals surface area (Å²) in [6, 6.07) is 7.11. The van der Waals surface area contributed by atoms with Gasteiger partial charge in [-0.3, -0.25) is 0 Å². The average molecular weight is 285 g/mol. The van der Waals surface area contributed by atoms with E-state index in [0.717, 1.165) is 5.39 Å². The standard InChI is InChI=1S/C14H17ClO4/c1-14(16,8-13(17-2)18-3)12-7-9-6-10(15)4-5-11(9)19-12/h4-7,13,16H,8H2,1-3H3. The fraction of sp³-hybridized carbons (Fsp3) is 0.429. The van der Waals surface area contributed by atoms with E-state index in [1.54, 1.807) is 31.2 Å². The lowest BCUT2D eigenvalue weighted by molar-refractivity contribution is -0.145. The second-order valence-electron chi connectivity index (χ2n) is 4.67. The molecular weight excluding hydrogens is 268 g/mol. The summed E-state index contributed by atoms with van der Waals surface area (Å²) in [5, 5.41) is 12.0. The van der Waals surface area contributed by atoms with Crippen molar-refractivity contribution in [1.82, 2.24) is 0 Å². The SMILES string of the molecule is COC(CC(C)(O)c1cc2cc(Cl)ccc2o1)OC. The van der Waals surface area contributed by atoms with Crippen LogP contribution in [-0.4, -0.2) is 25.6 Å². The predicted molar refractivity (Wildman–Crippen MR) is 73.2 cm³/mol. The van der Waals surface area contributed by atoms with Gasteiger partial charge in [-0.1, -0.05) is 11.6 Å². The van der Waals surface area contributed by atoms with Crippen molar-refractivity contribution < 1.29 is 19.0 Å². The molecule has 0 aliphatic carbocycles. The van der Waals surface area contributed by atoms with E-state index < -0.39 is 11.9 Å². The highest BCUT2D eigenvalue weighted by molar-refractivity contribution is 6.31. The molecule has 19 heavy (non-hydrogen) atoms. The van der Waals surface area contributed by atoms with Crippen LogP contribution in [0.3, 0.4) is 0 Å². The number of hydrogen-bond acceptors (Lipinski definition) is 4. The summed E-state index contributed by atoms with van der Waals surface area (Å²) in [6.45, 7) is 1.66. The molecule has 1 aromatic heterocycles. The minimum atomic E-state index is -1.18. The Labute approximate surface area is 116 Å². The van der Waals surface area contributed by atoms with E-state index in [1.165, 1.54) is 14.2 Å². The summed E-state index contributed by atoms with van der Waals surface area (Å²) in [4.78, 5) is 0. The van der Waals surface area contributed by atoms with Crippen LogP contribution in [-0.2, 0) is 15.1 Å². The molecule has 1 N–H and O–H groups in total. The van der Waals surface area contributed by atoms with E-state index in [1.807, 2.05) is 0 Å². The van der Waals surface area contributed by atoms with Crippen LogP contribution in [0.4, 0.5) is 0 Å². The van der Waals surface area contributed by atoms with Crippen molar-refractivity contribution in [2.75, 3.05) is 14.2 Å². The summed E-state index contributed by atoms with van der Waals surface area (Å²) in [7, 11) is 3.06. The molecule has 0 amide bonds. The fourth-order valence-electron chi connectivity index (χ4n) is 1.97. The molecule has 0 aliphatic rings. The van der Waals surface area contributed by atoms with Crippen LogP contribution in [0.15, 0.2) is 28.7 Å². The molecule has 104 valence electrons. The quantitative estimate of drug-likeness (QED) is 0.856. The van der Waals surface area contributed by atoms with Crippen LogP contribution in [0.2, 0.25) is 5.02 Å². The number of halogens is 1. The maximum atomic E-state index is 10.5. The van der Waals surface area contributed by atoms with E-state index >= 15 is 0 Å². The molecule has 0 bridgehead atoms. The Morgan fingerprint density at radius 2 is 2.00 bits per heavy atom. The largest absolute Gasteiger partial charge is 0.458 e. The Balaban J connectivity index is 2.31. The Hall–Kier alpha value is -1.07. The fourth-order valence-corrected chi connectivity index (χ4v) is 2.15. The molecule has 5 heteroatoms. The molecule has 0 spiro atoms. The van der Waals surface area contributed by atoms with Crippen molar-refractivity contribution in [2.45, 2.75) is 25.2 Å². The van der Waals surface area contributed by atoms with Gasteiger partial charge in [0.1, 0.15) is 16.9 Å². The number of methoxy groups -OCH3 is 2. The van der Waals surface area contributed by atoms with Crippen molar-refractivity contribution in [3.63, 3.8) is 0 Å². The average Bonchev–Trinajstić information content (AvgIpc) is 2.79. The molecule has 1 aromatic carbocycles. The van der Waals surface area contributed by atoms with E-state index in [4.69, 9.17) is 25.5 Å². The van der Waals surface area contributed by atoms with Crippen LogP contribution in [0.25, 0.3) is 11.0 Å². The zero-order valence-corrected chi connectivity index (χ0v) is 11.9. The van der Waals surface area contributed by atoms with Crippen LogP contribution in [0.1, 0.15) is 19.1 Å². The van der Waals surface area contributed by atoms with Gasteiger partial charge in [0.2, 0.25) is 0 Å². The first kappa shape index (κ1) is 14.3. The highest BCUT2D eigenvalue weighted by Crippen LogP contribution is 2.32. The van der Waals surface area contributed by atoms with E-state index in [2.05, 4.69) is 0 Å². The van der Waals surface area contributed by atoms with E-state index in [-0.39, 0.29) is 6.42 Å². The molecule has 4 nitrogen and oxygen atoms in total. The first-order valence-corrected chi connectivity index (χ1v) is 6.31. The zero-order chi connectivity index (χ0) is 14.0. The van der Waals surface area contributed by atoms with Crippen LogP contribution in [0.5, 0.6) is 0 Å². The molecule has 2 rings (SSSR count). The maximum Gasteiger partial charge on any atom is 0.160 e. The predicted octanol–water partition coefficient (Wildman–Crippen LogP) is 3.30. The minimum absolute atomic E-state index is 0.271. The van der Waals surface area contributed by atoms with Crippen LogP contribution >= 0.6 is 11.6 Å². The molecule has 0 aliphatic heterocycles. The summed E-state index contributed by atoms with van der Waals surface area (Å²) < 4.78 is 15.9. The lowest BCUT2D eigenvalue weighted by atomic mass is 9.98. The van der Waals surface area contributed by atoms with Gasteiger partial charge in [0.05, 0.1) is 0 Å². The third kappa shape index (κ3) is 3.09. The highest BCUT2D eigenvalue weighted by atomic mass is 35.5. The van der Waals surface area contributed by atoms with Gasteiger partial charge in [0.15, 0.2) is 6.29 Å². The molecule has 0 fully saturated rings. The van der Waals surface area contributed by atoms with Crippen molar-refractivity contribution in [3.05, 3.63) is 35.0 Å². The smallest absolute Gasteiger partial charge is 0.160 e. The monoisotopic (exact) mass is 284 g/mol. The Bertz CT molecular complexity index is 558. The van der Waals surface area contributed by atoms with Gasteiger partial charge >= 0.3 is 0 Å². The number of rotatable bonds is 5. The van der Waals surface area contributed by atoms with Crippen LogP contribution < -0.4 is 0 Å². The number of furan rings is 1. The molecular formula is C14H17ClO4. The molecule has 1 atom stereocenters. The van der Waals surface area contributed by atoms with Crippen LogP contribution in [0, 0.1) is 0 Å². The van der Waals surface area contributed by atoms with Gasteiger partial charge in [-0.25, -0.2) is 0 Å². The van der Waals surface area contributed by atoms with Gasteiger partial charge in [0, 0.05) is 31.0 Å². The zero-order valence-electron chi connectivity index (χ0n) is 11.1. The normalized spacial score (nSPS) is 15.1. The number of ether oxygens (including phenoxy) is 2. The van der Waals surface area contributed by atoms with E-state index in [9.17, 15) is 5.11 Å². The van der Waals surface area contributed by atoms with Crippen molar-refractivity contribution in [1.29, 1.82) is 0 Å². The molecule has 0 saturated heterocycles. The lowest BCUT2D eigenvalue weighted by Gasteiger charge is -2.24. The number of aliphatic hydroxyl groups is 1. The first-order chi connectivity index (χ1) is 8.96. The minimum Gasteiger partial charge on any atom is -0.458 e. The summed E-state index contributed by atoms with van der Waals surface area (Å²) >= 11 is 5.93. The summed E-state index contributed by atoms with van der Waals surface area (Å²) in [5.41, 5.74) is -0.492. The Morgan fingerprint density at radius 1 is 1.32 bits per heavy atom. The second-order valence-corrected chi connectivity index (χ2v) is 5.11. The molecule has 1 unspecified atom stereocenters. The van der Waals surface area contributed by atoms with Gasteiger partial charge in [0.25, 0.3) is 0 Å². The molecule has 2 aromatic rings. The Kier molecular flexibility index (Phi) is 4.16. The topological polar surface area (TPSA) is 51.8 Å². The van der Waals surface area contributed by atoms with Crippen molar-refractivity contribution >= 4 is 22.6 Å². The number of hydrogen-bond donors (Lipinski definition) is 1. The summed E-state index contributed by atoms with van der Waals surface area (Å²) in [6.07, 6.45) is -0.222. The van der Waals surface area contributed by atoms with E-state index in [0.29, 0.717) is 16.4 Å². The highest BCUT2D eigenvalue weighted by Gasteiger charge is 2.31. The molecule has 0 radical (unpaired) electrons. The molecule has 0 saturated carbocycles. The van der Waals surface area contributed by atoms with Gasteiger partial charge in [-0.05, 0) is 31.2 Å². The maximum absolute atomic E-state index is 10.5. The number of fused-ring (bicyclic) bond motifs is 1. The lowest BCUT2D eigenvalue weighted by Crippen LogP contribution is -2.29. The van der Waals surface area contributed by atoms with Gasteiger partial charge in [-0.2, -0.15) is 0 Å². The Morgan fingerprint density at radius 3 is 2.63 bits per heavy atom. The van der Waals surface area contributed by atoms with Gasteiger partial charge < -0.3 is 19.0 Å². The third-order valence-corrected chi connectivity index (χ3v) is 3.33. The first-order valence-electron chi connectivity index (χ1n) is 5.94. The third-order valence-electron chi connectivity index (χ3n) is 3.10. The second kappa shape index (κ2) is 5.51.